The van der Waals surface area contributed by atoms with Crippen molar-refractivity contribution >= 4 is 51.0 Å². The molecule has 4 rings (SSSR count). The Bertz CT molecular complexity index is 936. The van der Waals surface area contributed by atoms with Crippen LogP contribution in [-0.4, -0.2) is 42.6 Å². The zero-order chi connectivity index (χ0) is 18.6. The highest BCUT2D eigenvalue weighted by atomic mass is 35.5. The number of nitrogens with one attached hydrogen (secondary N) is 3. The van der Waals surface area contributed by atoms with Gasteiger partial charge < -0.3 is 15.6 Å². The molecule has 142 valence electrons. The van der Waals surface area contributed by atoms with Crippen LogP contribution in [0.1, 0.15) is 49.5 Å². The van der Waals surface area contributed by atoms with E-state index in [1.807, 2.05) is 0 Å². The summed E-state index contributed by atoms with van der Waals surface area (Å²) in [6, 6.07) is 0. The lowest BCUT2D eigenvalue weighted by Crippen LogP contribution is -2.16. The Morgan fingerprint density at radius 2 is 2.11 bits per heavy atom. The maximum Gasteiger partial charge on any atom is 0.227 e. The van der Waals surface area contributed by atoms with Crippen LogP contribution >= 0.6 is 22.9 Å². The molecule has 27 heavy (non-hydrogen) atoms. The Morgan fingerprint density at radius 1 is 1.26 bits per heavy atom. The normalized spacial score (nSPS) is 15.1. The van der Waals surface area contributed by atoms with Crippen molar-refractivity contribution in [3.8, 4) is 0 Å². The Labute approximate surface area is 164 Å². The number of nitrogens with zero attached hydrogens (tertiary/aromatic N) is 5. The predicted octanol–water partition coefficient (Wildman–Crippen LogP) is 3.35. The molecule has 3 aromatic rings. The molecule has 0 atom stereocenters. The highest BCUT2D eigenvalue weighted by molar-refractivity contribution is 7.15. The van der Waals surface area contributed by atoms with E-state index >= 15 is 0 Å². The van der Waals surface area contributed by atoms with Gasteiger partial charge in [0.2, 0.25) is 16.3 Å². The fourth-order valence-electron chi connectivity index (χ4n) is 3.21. The Morgan fingerprint density at radius 3 is 2.96 bits per heavy atom. The first kappa shape index (κ1) is 18.1. The monoisotopic (exact) mass is 406 g/mol. The molecule has 3 N–H and O–H groups in total. The van der Waals surface area contributed by atoms with Crippen LogP contribution in [0.5, 0.6) is 0 Å². The topological polar surface area (TPSA) is 121 Å². The summed E-state index contributed by atoms with van der Waals surface area (Å²) in [5.74, 6) is 0.878. The zero-order valence-electron chi connectivity index (χ0n) is 14.5. The van der Waals surface area contributed by atoms with Crippen molar-refractivity contribution in [3.63, 3.8) is 0 Å². The van der Waals surface area contributed by atoms with Crippen molar-refractivity contribution in [2.45, 2.75) is 44.4 Å². The minimum absolute atomic E-state index is 0.102. The molecule has 0 bridgehead atoms. The first-order valence-corrected chi connectivity index (χ1v) is 10.1. The van der Waals surface area contributed by atoms with Gasteiger partial charge in [0.25, 0.3) is 0 Å². The lowest BCUT2D eigenvalue weighted by atomic mass is 9.90. The number of hydrogen-bond acceptors (Lipinski definition) is 8. The molecule has 9 nitrogen and oxygen atoms in total. The smallest absolute Gasteiger partial charge is 0.227 e. The van der Waals surface area contributed by atoms with Crippen molar-refractivity contribution in [1.82, 2.24) is 30.1 Å². The SMILES string of the molecule is O=C(CCNc1nc(Cl)nc2nc[nH]c12)Nc1nnc(C2CCCCC2)s1. The van der Waals surface area contributed by atoms with Crippen LogP contribution in [0.25, 0.3) is 11.2 Å². The van der Waals surface area contributed by atoms with Crippen molar-refractivity contribution in [3.05, 3.63) is 16.6 Å². The molecule has 1 aliphatic rings. The van der Waals surface area contributed by atoms with Gasteiger partial charge in [-0.3, -0.25) is 4.79 Å². The number of hydrogen-bond donors (Lipinski definition) is 3. The summed E-state index contributed by atoms with van der Waals surface area (Å²) in [5, 5.41) is 16.0. The number of carbonyl (C=O) groups is 1. The third-order valence-corrected chi connectivity index (χ3v) is 5.71. The summed E-state index contributed by atoms with van der Waals surface area (Å²) in [7, 11) is 0. The second-order valence-corrected chi connectivity index (χ2v) is 7.79. The summed E-state index contributed by atoms with van der Waals surface area (Å²) < 4.78 is 0. The molecule has 0 spiro atoms. The van der Waals surface area contributed by atoms with Gasteiger partial charge in [-0.25, -0.2) is 4.98 Å². The highest BCUT2D eigenvalue weighted by Gasteiger charge is 2.20. The number of imidazole rings is 1. The van der Waals surface area contributed by atoms with E-state index in [1.165, 1.54) is 36.9 Å². The summed E-state index contributed by atoms with van der Waals surface area (Å²) in [6.45, 7) is 0.390. The molecule has 1 saturated carbocycles. The highest BCUT2D eigenvalue weighted by Crippen LogP contribution is 2.35. The molecule has 1 fully saturated rings. The molecule has 1 aliphatic carbocycles. The fraction of sp³-hybridized carbons (Fsp3) is 0.500. The molecule has 11 heteroatoms. The molecule has 3 heterocycles. The van der Waals surface area contributed by atoms with E-state index in [2.05, 4.69) is 40.8 Å². The van der Waals surface area contributed by atoms with Gasteiger partial charge in [0.05, 0.1) is 6.33 Å². The van der Waals surface area contributed by atoms with Crippen LogP contribution in [0, 0.1) is 0 Å². The van der Waals surface area contributed by atoms with Gasteiger partial charge in [0.1, 0.15) is 10.5 Å². The number of halogens is 1. The molecule has 0 aliphatic heterocycles. The Hall–Kier alpha value is -2.33. The molecule has 0 unspecified atom stereocenters. The summed E-state index contributed by atoms with van der Waals surface area (Å²) in [6.07, 6.45) is 7.89. The molecular formula is C16H19ClN8OS. The second-order valence-electron chi connectivity index (χ2n) is 6.45. The van der Waals surface area contributed by atoms with Gasteiger partial charge in [0.15, 0.2) is 11.5 Å². The zero-order valence-corrected chi connectivity index (χ0v) is 16.1. The fourth-order valence-corrected chi connectivity index (χ4v) is 4.30. The summed E-state index contributed by atoms with van der Waals surface area (Å²) in [4.78, 5) is 27.3. The maximum absolute atomic E-state index is 12.2. The second kappa shape index (κ2) is 8.13. The Balaban J connectivity index is 1.29. The number of carbonyl (C=O) groups excluding carboxylic acids is 1. The van der Waals surface area contributed by atoms with E-state index in [9.17, 15) is 4.79 Å². The van der Waals surface area contributed by atoms with Gasteiger partial charge in [-0.05, 0) is 24.4 Å². The van der Waals surface area contributed by atoms with Crippen molar-refractivity contribution in [2.24, 2.45) is 0 Å². The van der Waals surface area contributed by atoms with Crippen molar-refractivity contribution < 1.29 is 4.79 Å². The third kappa shape index (κ3) is 4.33. The van der Waals surface area contributed by atoms with Crippen molar-refractivity contribution in [1.29, 1.82) is 0 Å². The van der Waals surface area contributed by atoms with E-state index in [-0.39, 0.29) is 17.6 Å². The largest absolute Gasteiger partial charge is 0.368 e. The maximum atomic E-state index is 12.2. The third-order valence-electron chi connectivity index (χ3n) is 4.54. The lowest BCUT2D eigenvalue weighted by Gasteiger charge is -2.18. The summed E-state index contributed by atoms with van der Waals surface area (Å²) in [5.41, 5.74) is 1.13. The number of aromatic nitrogens is 6. The quantitative estimate of drug-likeness (QED) is 0.536. The molecule has 0 aromatic carbocycles. The molecular weight excluding hydrogens is 388 g/mol. The van der Waals surface area contributed by atoms with E-state index in [0.29, 0.717) is 34.6 Å². The first-order chi connectivity index (χ1) is 13.2. The Kier molecular flexibility index (Phi) is 5.44. The molecule has 0 radical (unpaired) electrons. The number of fused-ring (bicyclic) bond motifs is 1. The minimum Gasteiger partial charge on any atom is -0.368 e. The van der Waals surface area contributed by atoms with Gasteiger partial charge in [0, 0.05) is 18.9 Å². The van der Waals surface area contributed by atoms with Crippen molar-refractivity contribution in [2.75, 3.05) is 17.2 Å². The van der Waals surface area contributed by atoms with Gasteiger partial charge in [-0.1, -0.05) is 30.6 Å². The molecule has 3 aromatic heterocycles. The minimum atomic E-state index is -0.130. The predicted molar refractivity (Wildman–Crippen MR) is 104 cm³/mol. The average molecular weight is 407 g/mol. The van der Waals surface area contributed by atoms with E-state index in [1.54, 1.807) is 0 Å². The number of aromatic amines is 1. The number of rotatable bonds is 6. The number of amides is 1. The van der Waals surface area contributed by atoms with E-state index in [0.717, 1.165) is 17.8 Å². The van der Waals surface area contributed by atoms with Crippen LogP contribution in [0.15, 0.2) is 6.33 Å². The number of H-pyrrole nitrogens is 1. The van der Waals surface area contributed by atoms with Crippen LogP contribution in [0.2, 0.25) is 5.28 Å². The van der Waals surface area contributed by atoms with Gasteiger partial charge in [-0.2, -0.15) is 9.97 Å². The average Bonchev–Trinajstić information content (AvgIpc) is 3.31. The van der Waals surface area contributed by atoms with Gasteiger partial charge in [-0.15, -0.1) is 10.2 Å². The van der Waals surface area contributed by atoms with Crippen LogP contribution in [-0.2, 0) is 4.79 Å². The standard InChI is InChI=1S/C16H19ClN8OS/c17-15-22-12(11-13(23-15)20-8-19-11)18-7-6-10(26)21-16-25-24-14(27-16)9-4-2-1-3-5-9/h8-9H,1-7H2,(H,21,25,26)(H2,18,19,20,22,23). The van der Waals surface area contributed by atoms with Crippen LogP contribution < -0.4 is 10.6 Å². The van der Waals surface area contributed by atoms with E-state index in [4.69, 9.17) is 11.6 Å². The summed E-state index contributed by atoms with van der Waals surface area (Å²) >= 11 is 7.36. The number of anilines is 2. The van der Waals surface area contributed by atoms with Gasteiger partial charge >= 0.3 is 0 Å². The van der Waals surface area contributed by atoms with Crippen LogP contribution in [0.4, 0.5) is 10.9 Å². The van der Waals surface area contributed by atoms with Crippen LogP contribution in [0.3, 0.4) is 0 Å². The molecule has 0 saturated heterocycles. The first-order valence-electron chi connectivity index (χ1n) is 8.93. The molecule has 1 amide bonds. The van der Waals surface area contributed by atoms with E-state index < -0.39 is 0 Å². The lowest BCUT2D eigenvalue weighted by molar-refractivity contribution is -0.115.